The molecule has 0 aromatic heterocycles. The number of fused-ring (bicyclic) bond motifs is 10. The minimum Gasteiger partial charge on any atom is -0.0619 e. The predicted octanol–water partition coefficient (Wildman–Crippen LogP) is 14.8. The number of benzene rings is 10. The fraction of sp³-hybridized carbons (Fsp3) is 0.0566. The summed E-state index contributed by atoms with van der Waals surface area (Å²) in [5, 5.41) is 12.8. The monoisotopic (exact) mass is 672 g/mol. The molecule has 1 aliphatic rings. The Hall–Kier alpha value is -6.50. The Kier molecular flexibility index (Phi) is 6.40. The summed E-state index contributed by atoms with van der Waals surface area (Å²) in [7, 11) is 0. The van der Waals surface area contributed by atoms with Gasteiger partial charge in [-0.1, -0.05) is 172 Å². The molecule has 0 amide bonds. The molecule has 0 atom stereocenters. The van der Waals surface area contributed by atoms with E-state index in [0.29, 0.717) is 0 Å². The summed E-state index contributed by atoms with van der Waals surface area (Å²) in [6.45, 7) is 4.71. The second-order valence-corrected chi connectivity index (χ2v) is 15.3. The lowest BCUT2D eigenvalue weighted by Gasteiger charge is -2.22. The van der Waals surface area contributed by atoms with Gasteiger partial charge in [-0.2, -0.15) is 0 Å². The smallest absolute Gasteiger partial charge is 0.0159 e. The quantitative estimate of drug-likeness (QED) is 0.164. The Morgan fingerprint density at radius 3 is 1.58 bits per heavy atom. The van der Waals surface area contributed by atoms with Gasteiger partial charge < -0.3 is 0 Å². The third-order valence-electron chi connectivity index (χ3n) is 12.0. The number of hydrogen-bond donors (Lipinski definition) is 0. The highest BCUT2D eigenvalue weighted by Gasteiger charge is 2.35. The zero-order valence-electron chi connectivity index (χ0n) is 29.8. The van der Waals surface area contributed by atoms with E-state index in [1.54, 1.807) is 0 Å². The van der Waals surface area contributed by atoms with Crippen LogP contribution in [0.5, 0.6) is 0 Å². The second-order valence-electron chi connectivity index (χ2n) is 15.3. The summed E-state index contributed by atoms with van der Waals surface area (Å²) in [4.78, 5) is 0. The van der Waals surface area contributed by atoms with Gasteiger partial charge in [-0.15, -0.1) is 0 Å². The van der Waals surface area contributed by atoms with Crippen LogP contribution >= 0.6 is 0 Å². The molecule has 11 rings (SSSR count). The third-order valence-corrected chi connectivity index (χ3v) is 12.0. The van der Waals surface area contributed by atoms with Crippen LogP contribution in [-0.2, 0) is 5.41 Å². The average Bonchev–Trinajstić information content (AvgIpc) is 3.45. The molecule has 10 aromatic rings. The molecule has 10 aromatic carbocycles. The van der Waals surface area contributed by atoms with E-state index in [1.807, 2.05) is 0 Å². The van der Waals surface area contributed by atoms with Crippen LogP contribution in [0.15, 0.2) is 182 Å². The summed E-state index contributed by atoms with van der Waals surface area (Å²) < 4.78 is 0. The van der Waals surface area contributed by atoms with Crippen LogP contribution in [-0.4, -0.2) is 0 Å². The Labute approximate surface area is 309 Å². The number of rotatable bonds is 3. The summed E-state index contributed by atoms with van der Waals surface area (Å²) in [6.07, 6.45) is 0. The molecule has 0 heterocycles. The molecule has 0 bridgehead atoms. The standard InChI is InChI=1S/C53H36/c1-53(2)51-18-10-9-17-47(51)48-26-24-37(31-52(48)53)35-19-20-36-30-38(22-21-34(36)29-35)40-27-28-46(42-14-6-5-13-41(40)42)50-32-49-39-12-4-3-11-33(39)23-25-45(49)43-15-7-8-16-44(43)50/h3-32H,1-2H3. The fourth-order valence-corrected chi connectivity index (χ4v) is 9.35. The maximum atomic E-state index is 2.43. The molecular formula is C53H36. The summed E-state index contributed by atoms with van der Waals surface area (Å²) in [5.41, 5.74) is 13.1. The van der Waals surface area contributed by atoms with E-state index in [2.05, 4.69) is 196 Å². The minimum atomic E-state index is -0.0121. The van der Waals surface area contributed by atoms with Gasteiger partial charge in [0.1, 0.15) is 0 Å². The molecule has 0 fully saturated rings. The van der Waals surface area contributed by atoms with Gasteiger partial charge in [0.15, 0.2) is 0 Å². The maximum Gasteiger partial charge on any atom is 0.0159 e. The average molecular weight is 673 g/mol. The highest BCUT2D eigenvalue weighted by Crippen LogP contribution is 2.50. The van der Waals surface area contributed by atoms with Crippen molar-refractivity contribution in [3.8, 4) is 44.5 Å². The van der Waals surface area contributed by atoms with Gasteiger partial charge in [-0.25, -0.2) is 0 Å². The molecular weight excluding hydrogens is 637 g/mol. The van der Waals surface area contributed by atoms with Crippen LogP contribution < -0.4 is 0 Å². The van der Waals surface area contributed by atoms with Crippen molar-refractivity contribution in [3.05, 3.63) is 193 Å². The van der Waals surface area contributed by atoms with Crippen molar-refractivity contribution in [2.75, 3.05) is 0 Å². The molecule has 0 heteroatoms. The van der Waals surface area contributed by atoms with Gasteiger partial charge in [-0.3, -0.25) is 0 Å². The summed E-state index contributed by atoms with van der Waals surface area (Å²) in [6, 6.07) is 68.0. The van der Waals surface area contributed by atoms with Gasteiger partial charge in [-0.05, 0) is 134 Å². The van der Waals surface area contributed by atoms with Crippen molar-refractivity contribution in [1.82, 2.24) is 0 Å². The van der Waals surface area contributed by atoms with Gasteiger partial charge >= 0.3 is 0 Å². The first-order valence-electron chi connectivity index (χ1n) is 18.7. The molecule has 1 aliphatic carbocycles. The van der Waals surface area contributed by atoms with Gasteiger partial charge in [0.2, 0.25) is 0 Å². The van der Waals surface area contributed by atoms with Crippen LogP contribution in [0, 0.1) is 0 Å². The van der Waals surface area contributed by atoms with E-state index in [0.717, 1.165) is 0 Å². The lowest BCUT2D eigenvalue weighted by molar-refractivity contribution is 0.660. The maximum absolute atomic E-state index is 2.43. The molecule has 0 saturated heterocycles. The van der Waals surface area contributed by atoms with E-state index in [9.17, 15) is 0 Å². The highest BCUT2D eigenvalue weighted by molar-refractivity contribution is 6.22. The van der Waals surface area contributed by atoms with Crippen molar-refractivity contribution in [3.63, 3.8) is 0 Å². The minimum absolute atomic E-state index is 0.0121. The molecule has 248 valence electrons. The van der Waals surface area contributed by atoms with Crippen molar-refractivity contribution in [2.45, 2.75) is 19.3 Å². The van der Waals surface area contributed by atoms with Gasteiger partial charge in [0.25, 0.3) is 0 Å². The zero-order chi connectivity index (χ0) is 35.3. The first-order chi connectivity index (χ1) is 26.0. The molecule has 0 aliphatic heterocycles. The molecule has 0 N–H and O–H groups in total. The second kappa shape index (κ2) is 11.2. The summed E-state index contributed by atoms with van der Waals surface area (Å²) in [5.74, 6) is 0. The van der Waals surface area contributed by atoms with E-state index in [1.165, 1.54) is 109 Å². The van der Waals surface area contributed by atoms with Gasteiger partial charge in [0, 0.05) is 5.41 Å². The lowest BCUT2D eigenvalue weighted by Crippen LogP contribution is -2.14. The van der Waals surface area contributed by atoms with Crippen LogP contribution in [0.1, 0.15) is 25.0 Å². The topological polar surface area (TPSA) is 0 Å². The van der Waals surface area contributed by atoms with Crippen LogP contribution in [0.2, 0.25) is 0 Å². The third kappa shape index (κ3) is 4.49. The highest BCUT2D eigenvalue weighted by atomic mass is 14.4. The van der Waals surface area contributed by atoms with Crippen LogP contribution in [0.3, 0.4) is 0 Å². The van der Waals surface area contributed by atoms with E-state index >= 15 is 0 Å². The molecule has 53 heavy (non-hydrogen) atoms. The fourth-order valence-electron chi connectivity index (χ4n) is 9.35. The first-order valence-corrected chi connectivity index (χ1v) is 18.7. The predicted molar refractivity (Wildman–Crippen MR) is 228 cm³/mol. The lowest BCUT2D eigenvalue weighted by atomic mass is 9.81. The van der Waals surface area contributed by atoms with E-state index in [-0.39, 0.29) is 5.41 Å². The van der Waals surface area contributed by atoms with E-state index in [4.69, 9.17) is 0 Å². The van der Waals surface area contributed by atoms with Crippen molar-refractivity contribution < 1.29 is 0 Å². The Morgan fingerprint density at radius 2 is 0.774 bits per heavy atom. The first kappa shape index (κ1) is 30.2. The molecule has 0 saturated carbocycles. The van der Waals surface area contributed by atoms with Crippen LogP contribution in [0.4, 0.5) is 0 Å². The van der Waals surface area contributed by atoms with Crippen molar-refractivity contribution in [1.29, 1.82) is 0 Å². The zero-order valence-corrected chi connectivity index (χ0v) is 29.8. The molecule has 0 spiro atoms. The molecule has 0 radical (unpaired) electrons. The Balaban J connectivity index is 1.02. The van der Waals surface area contributed by atoms with Crippen molar-refractivity contribution >= 4 is 53.9 Å². The van der Waals surface area contributed by atoms with Gasteiger partial charge in [0.05, 0.1) is 0 Å². The largest absolute Gasteiger partial charge is 0.0619 e. The Bertz CT molecular complexity index is 3140. The normalized spacial score (nSPS) is 13.2. The number of hydrogen-bond acceptors (Lipinski definition) is 0. The summed E-state index contributed by atoms with van der Waals surface area (Å²) >= 11 is 0. The van der Waals surface area contributed by atoms with E-state index < -0.39 is 0 Å². The molecule has 0 unspecified atom stereocenters. The SMILES string of the molecule is CC1(C)c2ccccc2-c2ccc(-c3ccc4cc(-c5ccc(-c6cc7c8ccccc8ccc7c7ccccc67)c6ccccc56)ccc4c3)cc21. The Morgan fingerprint density at radius 1 is 0.264 bits per heavy atom. The molecule has 0 nitrogen and oxygen atoms in total. The van der Waals surface area contributed by atoms with Crippen LogP contribution in [0.25, 0.3) is 98.4 Å². The van der Waals surface area contributed by atoms with Crippen molar-refractivity contribution in [2.24, 2.45) is 0 Å².